The van der Waals surface area contributed by atoms with E-state index >= 15 is 0 Å². The Morgan fingerprint density at radius 3 is 2.89 bits per heavy atom. The Hall–Kier alpha value is -0.810. The van der Waals surface area contributed by atoms with E-state index in [1.54, 1.807) is 0 Å². The van der Waals surface area contributed by atoms with Crippen LogP contribution in [-0.4, -0.2) is 30.3 Å². The first-order valence-electron chi connectivity index (χ1n) is 6.41. The number of hydrogen-bond donors (Lipinski definition) is 1. The molecule has 104 valence electrons. The highest BCUT2D eigenvalue weighted by molar-refractivity contribution is 5.85. The number of rotatable bonds is 5. The van der Waals surface area contributed by atoms with E-state index < -0.39 is 0 Å². The number of anilines is 1. The Morgan fingerprint density at radius 2 is 2.22 bits per heavy atom. The standard InChI is InChI=1S/C12H22N4O.ClH/c1-9(2)6-10-4-5-16(8-10)12-15-14-11(17-12)7-13-3;/h9-10,13H,4-8H2,1-3H3;1H. The molecule has 1 N–H and O–H groups in total. The molecular weight excluding hydrogens is 252 g/mol. The summed E-state index contributed by atoms with van der Waals surface area (Å²) < 4.78 is 5.60. The fourth-order valence-electron chi connectivity index (χ4n) is 2.46. The third kappa shape index (κ3) is 3.85. The van der Waals surface area contributed by atoms with Gasteiger partial charge in [-0.05, 0) is 31.7 Å². The molecule has 2 rings (SSSR count). The molecule has 1 aromatic rings. The van der Waals surface area contributed by atoms with Gasteiger partial charge in [0.05, 0.1) is 6.54 Å². The lowest BCUT2D eigenvalue weighted by molar-refractivity contribution is 0.436. The maximum Gasteiger partial charge on any atom is 0.318 e. The van der Waals surface area contributed by atoms with Crippen LogP contribution in [0.15, 0.2) is 4.42 Å². The molecule has 0 bridgehead atoms. The second-order valence-corrected chi connectivity index (χ2v) is 5.24. The Morgan fingerprint density at radius 1 is 1.44 bits per heavy atom. The predicted molar refractivity (Wildman–Crippen MR) is 74.1 cm³/mol. The zero-order valence-electron chi connectivity index (χ0n) is 11.3. The SMILES string of the molecule is CNCc1nnc(N2CCC(CC(C)C)C2)o1.Cl. The monoisotopic (exact) mass is 274 g/mol. The summed E-state index contributed by atoms with van der Waals surface area (Å²) in [6.45, 7) is 7.29. The van der Waals surface area contributed by atoms with E-state index in [0.717, 1.165) is 24.9 Å². The summed E-state index contributed by atoms with van der Waals surface area (Å²) in [7, 11) is 1.87. The zero-order valence-corrected chi connectivity index (χ0v) is 12.2. The highest BCUT2D eigenvalue weighted by atomic mass is 35.5. The van der Waals surface area contributed by atoms with Crippen LogP contribution < -0.4 is 10.2 Å². The molecule has 0 amide bonds. The minimum Gasteiger partial charge on any atom is -0.407 e. The van der Waals surface area contributed by atoms with E-state index in [2.05, 4.69) is 34.3 Å². The molecule has 1 saturated heterocycles. The van der Waals surface area contributed by atoms with Crippen molar-refractivity contribution in [3.05, 3.63) is 5.89 Å². The van der Waals surface area contributed by atoms with Crippen LogP contribution in [0.2, 0.25) is 0 Å². The quantitative estimate of drug-likeness (QED) is 0.891. The summed E-state index contributed by atoms with van der Waals surface area (Å²) in [4.78, 5) is 2.21. The van der Waals surface area contributed by atoms with Crippen LogP contribution in [0.5, 0.6) is 0 Å². The van der Waals surface area contributed by atoms with E-state index in [4.69, 9.17) is 4.42 Å². The molecule has 1 atom stereocenters. The van der Waals surface area contributed by atoms with Crippen molar-refractivity contribution >= 4 is 18.4 Å². The van der Waals surface area contributed by atoms with Gasteiger partial charge in [0.15, 0.2) is 0 Å². The second-order valence-electron chi connectivity index (χ2n) is 5.24. The number of nitrogens with one attached hydrogen (secondary N) is 1. The lowest BCUT2D eigenvalue weighted by atomic mass is 9.97. The van der Waals surface area contributed by atoms with Crippen LogP contribution in [0.1, 0.15) is 32.6 Å². The van der Waals surface area contributed by atoms with E-state index in [9.17, 15) is 0 Å². The van der Waals surface area contributed by atoms with E-state index in [1.165, 1.54) is 12.8 Å². The number of aromatic nitrogens is 2. The van der Waals surface area contributed by atoms with Crippen molar-refractivity contribution in [2.45, 2.75) is 33.2 Å². The first kappa shape index (κ1) is 15.2. The fraction of sp³-hybridized carbons (Fsp3) is 0.833. The van der Waals surface area contributed by atoms with Gasteiger partial charge < -0.3 is 14.6 Å². The van der Waals surface area contributed by atoms with Gasteiger partial charge >= 0.3 is 6.01 Å². The van der Waals surface area contributed by atoms with Crippen LogP contribution in [0.3, 0.4) is 0 Å². The Balaban J connectivity index is 0.00000162. The molecule has 0 spiro atoms. The maximum atomic E-state index is 5.60. The first-order valence-corrected chi connectivity index (χ1v) is 6.41. The van der Waals surface area contributed by atoms with Gasteiger partial charge in [0, 0.05) is 13.1 Å². The van der Waals surface area contributed by atoms with Crippen LogP contribution in [0.4, 0.5) is 6.01 Å². The van der Waals surface area contributed by atoms with Gasteiger partial charge in [0.2, 0.25) is 5.89 Å². The molecule has 0 radical (unpaired) electrons. The average Bonchev–Trinajstić information content (AvgIpc) is 2.86. The number of hydrogen-bond acceptors (Lipinski definition) is 5. The fourth-order valence-corrected chi connectivity index (χ4v) is 2.46. The highest BCUT2D eigenvalue weighted by Crippen LogP contribution is 2.26. The summed E-state index contributed by atoms with van der Waals surface area (Å²) in [5.41, 5.74) is 0. The average molecular weight is 275 g/mol. The van der Waals surface area contributed by atoms with Gasteiger partial charge in [0.1, 0.15) is 0 Å². The van der Waals surface area contributed by atoms with Gasteiger partial charge in [0.25, 0.3) is 0 Å². The predicted octanol–water partition coefficient (Wildman–Crippen LogP) is 2.08. The summed E-state index contributed by atoms with van der Waals surface area (Å²) in [6.07, 6.45) is 2.52. The van der Waals surface area contributed by atoms with Crippen LogP contribution >= 0.6 is 12.4 Å². The summed E-state index contributed by atoms with van der Waals surface area (Å²) in [5.74, 6) is 2.20. The Labute approximate surface area is 115 Å². The smallest absolute Gasteiger partial charge is 0.318 e. The molecule has 1 aliphatic rings. The van der Waals surface area contributed by atoms with Gasteiger partial charge in [-0.1, -0.05) is 18.9 Å². The molecular formula is C12H23ClN4O. The molecule has 6 heteroatoms. The van der Waals surface area contributed by atoms with Crippen molar-refractivity contribution < 1.29 is 4.42 Å². The van der Waals surface area contributed by atoms with Crippen molar-refractivity contribution in [2.24, 2.45) is 11.8 Å². The minimum atomic E-state index is 0. The second kappa shape index (κ2) is 6.95. The van der Waals surface area contributed by atoms with E-state index in [0.29, 0.717) is 18.5 Å². The molecule has 0 aliphatic carbocycles. The lowest BCUT2D eigenvalue weighted by Gasteiger charge is -2.14. The molecule has 1 aromatic heterocycles. The molecule has 18 heavy (non-hydrogen) atoms. The topological polar surface area (TPSA) is 54.2 Å². The maximum absolute atomic E-state index is 5.60. The van der Waals surface area contributed by atoms with Crippen LogP contribution in [0, 0.1) is 11.8 Å². The number of nitrogens with zero attached hydrogens (tertiary/aromatic N) is 3. The highest BCUT2D eigenvalue weighted by Gasteiger charge is 2.26. The molecule has 1 fully saturated rings. The molecule has 0 saturated carbocycles. The van der Waals surface area contributed by atoms with Crippen molar-refractivity contribution in [1.82, 2.24) is 15.5 Å². The lowest BCUT2D eigenvalue weighted by Crippen LogP contribution is -2.20. The van der Waals surface area contributed by atoms with Gasteiger partial charge in [-0.2, -0.15) is 0 Å². The molecule has 0 aromatic carbocycles. The van der Waals surface area contributed by atoms with Crippen molar-refractivity contribution in [1.29, 1.82) is 0 Å². The van der Waals surface area contributed by atoms with Crippen molar-refractivity contribution in [3.63, 3.8) is 0 Å². The van der Waals surface area contributed by atoms with Crippen molar-refractivity contribution in [3.8, 4) is 0 Å². The first-order chi connectivity index (χ1) is 8.19. The van der Waals surface area contributed by atoms with Crippen molar-refractivity contribution in [2.75, 3.05) is 25.0 Å². The third-order valence-electron chi connectivity index (χ3n) is 3.15. The number of halogens is 1. The molecule has 2 heterocycles. The van der Waals surface area contributed by atoms with Gasteiger partial charge in [-0.3, -0.25) is 0 Å². The minimum absolute atomic E-state index is 0. The zero-order chi connectivity index (χ0) is 12.3. The third-order valence-corrected chi connectivity index (χ3v) is 3.15. The van der Waals surface area contributed by atoms with Gasteiger partial charge in [-0.15, -0.1) is 17.5 Å². The van der Waals surface area contributed by atoms with E-state index in [1.807, 2.05) is 7.05 Å². The van der Waals surface area contributed by atoms with Gasteiger partial charge in [-0.25, -0.2) is 0 Å². The Bertz CT molecular complexity index is 356. The summed E-state index contributed by atoms with van der Waals surface area (Å²) in [5, 5.41) is 11.1. The normalized spacial score (nSPS) is 19.3. The van der Waals surface area contributed by atoms with E-state index in [-0.39, 0.29) is 12.4 Å². The molecule has 1 unspecified atom stereocenters. The summed E-state index contributed by atoms with van der Waals surface area (Å²) >= 11 is 0. The van der Waals surface area contributed by atoms with Crippen LogP contribution in [-0.2, 0) is 6.54 Å². The molecule has 1 aliphatic heterocycles. The summed E-state index contributed by atoms with van der Waals surface area (Å²) in [6, 6.07) is 0.682. The largest absolute Gasteiger partial charge is 0.407 e. The Kier molecular flexibility index (Phi) is 5.88. The molecule has 5 nitrogen and oxygen atoms in total. The van der Waals surface area contributed by atoms with Crippen LogP contribution in [0.25, 0.3) is 0 Å².